The second-order valence-corrected chi connectivity index (χ2v) is 13.1. The van der Waals surface area contributed by atoms with Crippen LogP contribution in [0.2, 0.25) is 0 Å². The number of aliphatic hydroxyl groups excluding tert-OH is 1. The highest BCUT2D eigenvalue weighted by Crippen LogP contribution is 2.60. The zero-order valence-electron chi connectivity index (χ0n) is 22.3. The van der Waals surface area contributed by atoms with Crippen LogP contribution >= 0.6 is 11.8 Å². The molecule has 0 aliphatic heterocycles. The Hall–Kier alpha value is -2.34. The predicted molar refractivity (Wildman–Crippen MR) is 152 cm³/mol. The highest BCUT2D eigenvalue weighted by Gasteiger charge is 2.55. The van der Waals surface area contributed by atoms with Crippen molar-refractivity contribution in [3.8, 4) is 6.07 Å². The molecule has 202 valence electrons. The van der Waals surface area contributed by atoms with E-state index >= 15 is 0 Å². The summed E-state index contributed by atoms with van der Waals surface area (Å²) in [4.78, 5) is 10.4. The molecule has 1 heterocycles. The van der Waals surface area contributed by atoms with Gasteiger partial charge >= 0.3 is 0 Å². The first-order chi connectivity index (χ1) is 18.5. The van der Waals surface area contributed by atoms with Crippen LogP contribution in [0.3, 0.4) is 0 Å². The quantitative estimate of drug-likeness (QED) is 0.327. The molecule has 0 radical (unpaired) electrons. The van der Waals surface area contributed by atoms with Crippen LogP contribution in [0.15, 0.2) is 35.4 Å². The van der Waals surface area contributed by atoms with E-state index in [0.29, 0.717) is 41.4 Å². The van der Waals surface area contributed by atoms with Crippen molar-refractivity contribution in [2.45, 2.75) is 87.4 Å². The first kappa shape index (κ1) is 25.9. The van der Waals surface area contributed by atoms with Crippen molar-refractivity contribution in [1.82, 2.24) is 15.3 Å². The number of nitriles is 1. The summed E-state index contributed by atoms with van der Waals surface area (Å²) >= 11 is 1.73. The molecule has 5 aliphatic carbocycles. The van der Waals surface area contributed by atoms with Gasteiger partial charge in [-0.15, -0.1) is 11.8 Å². The summed E-state index contributed by atoms with van der Waals surface area (Å²) in [6, 6.07) is 11.8. The van der Waals surface area contributed by atoms with Gasteiger partial charge in [-0.2, -0.15) is 10.2 Å². The van der Waals surface area contributed by atoms with Crippen LogP contribution in [0.25, 0.3) is 0 Å². The number of hydrogen-bond donors (Lipinski definition) is 4. The molecule has 4 bridgehead atoms. The summed E-state index contributed by atoms with van der Waals surface area (Å²) in [6.07, 6.45) is 14.2. The number of aromatic nitrogens is 2. The van der Waals surface area contributed by atoms with Crippen LogP contribution in [0.4, 0.5) is 11.8 Å². The summed E-state index contributed by atoms with van der Waals surface area (Å²) in [5.41, 5.74) is 2.01. The molecule has 2 atom stereocenters. The predicted octanol–water partition coefficient (Wildman–Crippen LogP) is 5.18. The van der Waals surface area contributed by atoms with Gasteiger partial charge in [-0.25, -0.2) is 4.98 Å². The molecule has 38 heavy (non-hydrogen) atoms. The van der Waals surface area contributed by atoms with Gasteiger partial charge in [0.15, 0.2) is 0 Å². The van der Waals surface area contributed by atoms with Gasteiger partial charge in [0.25, 0.3) is 0 Å². The highest BCUT2D eigenvalue weighted by atomic mass is 32.2. The number of nitrogens with zero attached hydrogens (tertiary/aromatic N) is 3. The Morgan fingerprint density at radius 3 is 2.58 bits per heavy atom. The third-order valence-corrected chi connectivity index (χ3v) is 10.5. The summed E-state index contributed by atoms with van der Waals surface area (Å²) in [5.74, 6) is 3.51. The normalized spacial score (nSPS) is 33.6. The van der Waals surface area contributed by atoms with Gasteiger partial charge in [0.1, 0.15) is 17.5 Å². The van der Waals surface area contributed by atoms with Crippen LogP contribution in [0.5, 0.6) is 0 Å². The van der Waals surface area contributed by atoms with Crippen LogP contribution in [-0.2, 0) is 6.54 Å². The molecule has 7 rings (SSSR count). The third kappa shape index (κ3) is 5.38. The van der Waals surface area contributed by atoms with Gasteiger partial charge in [0.05, 0.1) is 12.3 Å². The maximum atomic E-state index is 9.91. The zero-order chi connectivity index (χ0) is 26.1. The van der Waals surface area contributed by atoms with Crippen LogP contribution in [0.1, 0.15) is 68.9 Å². The molecular weight excluding hydrogens is 492 g/mol. The van der Waals surface area contributed by atoms with E-state index in [-0.39, 0.29) is 6.10 Å². The van der Waals surface area contributed by atoms with E-state index in [0.717, 1.165) is 50.0 Å². The van der Waals surface area contributed by atoms with E-state index in [2.05, 4.69) is 57.5 Å². The number of thioether (sulfide) groups is 1. The average Bonchev–Trinajstić information content (AvgIpc) is 2.93. The van der Waals surface area contributed by atoms with E-state index in [1.54, 1.807) is 18.0 Å². The Morgan fingerprint density at radius 2 is 1.84 bits per heavy atom. The van der Waals surface area contributed by atoms with E-state index in [1.165, 1.54) is 42.6 Å². The van der Waals surface area contributed by atoms with Gasteiger partial charge < -0.3 is 21.1 Å². The molecule has 5 aliphatic rings. The lowest BCUT2D eigenvalue weighted by Gasteiger charge is -2.61. The van der Waals surface area contributed by atoms with Crippen molar-refractivity contribution in [3.63, 3.8) is 0 Å². The van der Waals surface area contributed by atoms with Crippen LogP contribution in [0, 0.1) is 34.5 Å². The Morgan fingerprint density at radius 1 is 1.08 bits per heavy atom. The molecule has 7 nitrogen and oxygen atoms in total. The first-order valence-electron chi connectivity index (χ1n) is 14.3. The summed E-state index contributed by atoms with van der Waals surface area (Å²) in [6.45, 7) is 1.52. The second-order valence-electron chi connectivity index (χ2n) is 12.3. The minimum absolute atomic E-state index is 0.0946. The number of rotatable bonds is 9. The van der Waals surface area contributed by atoms with Crippen molar-refractivity contribution in [2.75, 3.05) is 23.4 Å². The molecule has 0 amide bonds. The maximum Gasteiger partial charge on any atom is 0.224 e. The molecule has 4 N–H and O–H groups in total. The van der Waals surface area contributed by atoms with Crippen molar-refractivity contribution in [1.29, 1.82) is 5.26 Å². The number of benzene rings is 1. The number of hydrogen-bond acceptors (Lipinski definition) is 8. The number of anilines is 2. The van der Waals surface area contributed by atoms with Crippen molar-refractivity contribution < 1.29 is 5.11 Å². The Kier molecular flexibility index (Phi) is 7.52. The van der Waals surface area contributed by atoms with Crippen LogP contribution < -0.4 is 16.0 Å². The van der Waals surface area contributed by atoms with E-state index in [4.69, 9.17) is 4.98 Å². The van der Waals surface area contributed by atoms with Gasteiger partial charge in [0, 0.05) is 30.1 Å². The third-order valence-electron chi connectivity index (χ3n) is 9.69. The SMILES string of the molecule is CSc1ccccc1CNc1ncc(C#N)c(NCC23CC4CC(C2)C(NC2CCC(O)CC2)C(C4)C3)n1. The van der Waals surface area contributed by atoms with E-state index < -0.39 is 0 Å². The molecule has 8 heteroatoms. The first-order valence-corrected chi connectivity index (χ1v) is 15.6. The van der Waals surface area contributed by atoms with Gasteiger partial charge in [-0.3, -0.25) is 0 Å². The molecule has 2 aromatic rings. The van der Waals surface area contributed by atoms with Gasteiger partial charge in [-0.1, -0.05) is 18.2 Å². The topological polar surface area (TPSA) is 106 Å². The lowest BCUT2D eigenvalue weighted by atomic mass is 9.47. The number of aliphatic hydroxyl groups is 1. The molecule has 2 unspecified atom stereocenters. The number of nitrogens with one attached hydrogen (secondary N) is 3. The molecule has 5 saturated carbocycles. The molecule has 0 spiro atoms. The molecule has 0 saturated heterocycles. The maximum absolute atomic E-state index is 9.91. The molecule has 1 aromatic heterocycles. The van der Waals surface area contributed by atoms with Crippen molar-refractivity contribution in [3.05, 3.63) is 41.6 Å². The molecule has 1 aromatic carbocycles. The molecule has 5 fully saturated rings. The smallest absolute Gasteiger partial charge is 0.224 e. The average molecular weight is 533 g/mol. The fourth-order valence-electron chi connectivity index (χ4n) is 8.17. The Bertz CT molecular complexity index is 1160. The summed E-state index contributed by atoms with van der Waals surface area (Å²) in [7, 11) is 0. The zero-order valence-corrected chi connectivity index (χ0v) is 23.1. The highest BCUT2D eigenvalue weighted by molar-refractivity contribution is 7.98. The lowest BCUT2D eigenvalue weighted by molar-refractivity contribution is -0.0737. The monoisotopic (exact) mass is 532 g/mol. The van der Waals surface area contributed by atoms with E-state index in [1.807, 2.05) is 0 Å². The Balaban J connectivity index is 1.10. The fraction of sp³-hybridized carbons (Fsp3) is 0.633. The lowest BCUT2D eigenvalue weighted by Crippen LogP contribution is -2.61. The summed E-state index contributed by atoms with van der Waals surface area (Å²) in [5, 5.41) is 30.7. The largest absolute Gasteiger partial charge is 0.393 e. The molecular formula is C30H40N6OS. The Labute approximate surface area is 230 Å². The summed E-state index contributed by atoms with van der Waals surface area (Å²) < 4.78 is 0. The van der Waals surface area contributed by atoms with Crippen LogP contribution in [-0.4, -0.2) is 46.1 Å². The van der Waals surface area contributed by atoms with Crippen molar-refractivity contribution in [2.24, 2.45) is 23.2 Å². The minimum atomic E-state index is -0.0946. The van der Waals surface area contributed by atoms with E-state index in [9.17, 15) is 10.4 Å². The van der Waals surface area contributed by atoms with Gasteiger partial charge in [-0.05, 0) is 98.8 Å². The second kappa shape index (κ2) is 11.0. The van der Waals surface area contributed by atoms with Crippen molar-refractivity contribution >= 4 is 23.5 Å². The fourth-order valence-corrected chi connectivity index (χ4v) is 8.79. The van der Waals surface area contributed by atoms with Gasteiger partial charge in [0.2, 0.25) is 5.95 Å². The minimum Gasteiger partial charge on any atom is -0.393 e. The standard InChI is InChI=1S/C30H40N6OS/c1-38-26-5-3-2-4-20(26)16-32-29-33-17-23(15-31)28(36-29)34-18-30-12-19-10-21(13-30)27(22(11-19)14-30)35-24-6-8-25(37)9-7-24/h2-5,17,19,21-22,24-25,27,35,37H,6-14,16,18H2,1H3,(H2,32,33,34,36).